The minimum atomic E-state index is 0.273. The van der Waals surface area contributed by atoms with Gasteiger partial charge in [-0.25, -0.2) is 0 Å². The molecule has 1 atom stereocenters. The largest absolute Gasteiger partial charge is 0.362 e. The van der Waals surface area contributed by atoms with Crippen molar-refractivity contribution in [2.75, 3.05) is 36.9 Å². The van der Waals surface area contributed by atoms with E-state index in [1.807, 2.05) is 23.5 Å². The highest BCUT2D eigenvalue weighted by Gasteiger charge is 2.44. The second-order valence-electron chi connectivity index (χ2n) is 5.38. The van der Waals surface area contributed by atoms with Gasteiger partial charge in [0.25, 0.3) is 5.91 Å². The Morgan fingerprint density at radius 2 is 2.21 bits per heavy atom. The van der Waals surface area contributed by atoms with Crippen molar-refractivity contribution in [2.45, 2.75) is 19.9 Å². The van der Waals surface area contributed by atoms with Crippen molar-refractivity contribution in [1.82, 2.24) is 9.80 Å². The van der Waals surface area contributed by atoms with Crippen molar-refractivity contribution < 1.29 is 4.79 Å². The summed E-state index contributed by atoms with van der Waals surface area (Å²) in [6.45, 7) is 7.01. The summed E-state index contributed by atoms with van der Waals surface area (Å²) in [5.74, 6) is 3.54. The summed E-state index contributed by atoms with van der Waals surface area (Å²) in [4.78, 5) is 18.3. The minimum Gasteiger partial charge on any atom is -0.362 e. The molecule has 0 spiro atoms. The van der Waals surface area contributed by atoms with Gasteiger partial charge in [0.1, 0.15) is 5.70 Å². The summed E-state index contributed by atoms with van der Waals surface area (Å²) in [7, 11) is 0. The third-order valence-electron chi connectivity index (χ3n) is 3.78. The molecule has 0 aromatic rings. The number of allylic oxidation sites excluding steroid dienone is 1. The zero-order valence-electron chi connectivity index (χ0n) is 11.5. The number of carbonyl (C=O) groups excluding carboxylic acids is 1. The molecule has 1 fully saturated rings. The van der Waals surface area contributed by atoms with Gasteiger partial charge in [0.15, 0.2) is 0 Å². The van der Waals surface area contributed by atoms with Crippen molar-refractivity contribution in [3.63, 3.8) is 0 Å². The molecule has 0 N–H and O–H groups in total. The molecular formula is C14H20N2OS2. The third-order valence-corrected chi connectivity index (χ3v) is 5.97. The standard InChI is InChI=1S/C14H20N2OS2/c1-10(2)3-4-15-5-8-19-13-11-9-18-7-6-16(11)14(17)12(13)15/h3,11H,4-9H2,1-2H3. The van der Waals surface area contributed by atoms with Gasteiger partial charge in [-0.15, -0.1) is 11.8 Å². The summed E-state index contributed by atoms with van der Waals surface area (Å²) in [6.07, 6.45) is 2.22. The molecule has 1 amide bonds. The molecule has 104 valence electrons. The summed E-state index contributed by atoms with van der Waals surface area (Å²) >= 11 is 3.88. The number of amides is 1. The lowest BCUT2D eigenvalue weighted by molar-refractivity contribution is -0.127. The quantitative estimate of drug-likeness (QED) is 0.729. The molecule has 0 bridgehead atoms. The Hall–Kier alpha value is -0.550. The van der Waals surface area contributed by atoms with Gasteiger partial charge in [-0.3, -0.25) is 4.79 Å². The van der Waals surface area contributed by atoms with E-state index < -0.39 is 0 Å². The molecule has 5 heteroatoms. The highest BCUT2D eigenvalue weighted by Crippen LogP contribution is 2.41. The van der Waals surface area contributed by atoms with Crippen LogP contribution >= 0.6 is 23.5 Å². The Morgan fingerprint density at radius 3 is 3.00 bits per heavy atom. The Balaban J connectivity index is 1.87. The van der Waals surface area contributed by atoms with E-state index in [1.165, 1.54) is 10.5 Å². The van der Waals surface area contributed by atoms with Crippen LogP contribution < -0.4 is 0 Å². The highest BCUT2D eigenvalue weighted by atomic mass is 32.2. The van der Waals surface area contributed by atoms with Gasteiger partial charge < -0.3 is 9.80 Å². The van der Waals surface area contributed by atoms with Crippen molar-refractivity contribution in [2.24, 2.45) is 0 Å². The van der Waals surface area contributed by atoms with E-state index in [2.05, 4.69) is 29.7 Å². The first-order valence-corrected chi connectivity index (χ1v) is 8.96. The zero-order chi connectivity index (χ0) is 13.4. The maximum absolute atomic E-state index is 12.6. The minimum absolute atomic E-state index is 0.273. The Kier molecular flexibility index (Phi) is 3.85. The number of rotatable bonds is 2. The molecule has 3 aliphatic rings. The SMILES string of the molecule is CC(C)=CCN1CCSC2=C1C(=O)N1CCSCC21. The molecule has 1 unspecified atom stereocenters. The van der Waals surface area contributed by atoms with Crippen LogP contribution in [0.25, 0.3) is 0 Å². The molecule has 3 rings (SSSR count). The molecule has 1 saturated heterocycles. The Labute approximate surface area is 123 Å². The van der Waals surface area contributed by atoms with Crippen LogP contribution in [0.5, 0.6) is 0 Å². The predicted molar refractivity (Wildman–Crippen MR) is 83.3 cm³/mol. The lowest BCUT2D eigenvalue weighted by Crippen LogP contribution is -2.42. The molecule has 0 aromatic heterocycles. The first-order valence-electron chi connectivity index (χ1n) is 6.82. The number of fused-ring (bicyclic) bond motifs is 2. The average molecular weight is 296 g/mol. The van der Waals surface area contributed by atoms with Crippen molar-refractivity contribution in [3.8, 4) is 0 Å². The monoisotopic (exact) mass is 296 g/mol. The molecule has 3 heterocycles. The van der Waals surface area contributed by atoms with Crippen LogP contribution in [-0.2, 0) is 4.79 Å². The first-order chi connectivity index (χ1) is 9.18. The fraction of sp³-hybridized carbons (Fsp3) is 0.643. The molecule has 3 aliphatic heterocycles. The number of nitrogens with zero attached hydrogens (tertiary/aromatic N) is 2. The van der Waals surface area contributed by atoms with E-state index in [4.69, 9.17) is 0 Å². The van der Waals surface area contributed by atoms with Gasteiger partial charge in [-0.2, -0.15) is 11.8 Å². The third kappa shape index (κ3) is 2.42. The fourth-order valence-electron chi connectivity index (χ4n) is 2.77. The van der Waals surface area contributed by atoms with Gasteiger partial charge in [0.2, 0.25) is 0 Å². The fourth-order valence-corrected chi connectivity index (χ4v) is 5.23. The second kappa shape index (κ2) is 5.44. The first kappa shape index (κ1) is 13.4. The topological polar surface area (TPSA) is 23.6 Å². The van der Waals surface area contributed by atoms with Gasteiger partial charge in [-0.1, -0.05) is 11.6 Å². The highest BCUT2D eigenvalue weighted by molar-refractivity contribution is 8.03. The van der Waals surface area contributed by atoms with E-state index in [-0.39, 0.29) is 5.91 Å². The molecule has 19 heavy (non-hydrogen) atoms. The van der Waals surface area contributed by atoms with E-state index in [9.17, 15) is 4.79 Å². The van der Waals surface area contributed by atoms with Crippen LogP contribution in [0.3, 0.4) is 0 Å². The number of carbonyl (C=O) groups is 1. The summed E-state index contributed by atoms with van der Waals surface area (Å²) in [6, 6.07) is 0.362. The summed E-state index contributed by atoms with van der Waals surface area (Å²) < 4.78 is 0. The van der Waals surface area contributed by atoms with Crippen molar-refractivity contribution in [3.05, 3.63) is 22.3 Å². The summed E-state index contributed by atoms with van der Waals surface area (Å²) in [5, 5.41) is 0. The second-order valence-corrected chi connectivity index (χ2v) is 7.66. The number of hydrogen-bond acceptors (Lipinski definition) is 4. The normalized spacial score (nSPS) is 26.4. The lowest BCUT2D eigenvalue weighted by atomic mass is 10.2. The molecular weight excluding hydrogens is 276 g/mol. The van der Waals surface area contributed by atoms with Crippen molar-refractivity contribution in [1.29, 1.82) is 0 Å². The van der Waals surface area contributed by atoms with Gasteiger partial charge in [0, 0.05) is 41.8 Å². The molecule has 0 saturated carbocycles. The molecule has 0 radical (unpaired) electrons. The lowest BCUT2D eigenvalue weighted by Gasteiger charge is -2.30. The molecule has 0 aromatic carbocycles. The predicted octanol–water partition coefficient (Wildman–Crippen LogP) is 2.17. The van der Waals surface area contributed by atoms with Crippen LogP contribution in [0.15, 0.2) is 22.3 Å². The number of thioether (sulfide) groups is 2. The summed E-state index contributed by atoms with van der Waals surface area (Å²) in [5.41, 5.74) is 2.32. The number of hydrogen-bond donors (Lipinski definition) is 0. The Morgan fingerprint density at radius 1 is 1.37 bits per heavy atom. The van der Waals surface area contributed by atoms with Crippen molar-refractivity contribution >= 4 is 29.4 Å². The van der Waals surface area contributed by atoms with Crippen LogP contribution in [0.1, 0.15) is 13.8 Å². The average Bonchev–Trinajstić information content (AvgIpc) is 2.71. The molecule has 0 aliphatic carbocycles. The molecule has 3 nitrogen and oxygen atoms in total. The van der Waals surface area contributed by atoms with Crippen LogP contribution in [0.4, 0.5) is 0 Å². The van der Waals surface area contributed by atoms with E-state index >= 15 is 0 Å². The zero-order valence-corrected chi connectivity index (χ0v) is 13.1. The van der Waals surface area contributed by atoms with Crippen LogP contribution in [-0.4, -0.2) is 58.6 Å². The smallest absolute Gasteiger partial charge is 0.271 e. The van der Waals surface area contributed by atoms with E-state index in [0.29, 0.717) is 6.04 Å². The van der Waals surface area contributed by atoms with E-state index in [1.54, 1.807) is 0 Å². The maximum atomic E-state index is 12.6. The maximum Gasteiger partial charge on any atom is 0.271 e. The van der Waals surface area contributed by atoms with Crippen LogP contribution in [0.2, 0.25) is 0 Å². The van der Waals surface area contributed by atoms with Gasteiger partial charge >= 0.3 is 0 Å². The van der Waals surface area contributed by atoms with Crippen LogP contribution in [0, 0.1) is 0 Å². The van der Waals surface area contributed by atoms with E-state index in [0.717, 1.165) is 42.6 Å². The Bertz CT molecular complexity index is 454. The van der Waals surface area contributed by atoms with Gasteiger partial charge in [-0.05, 0) is 13.8 Å². The van der Waals surface area contributed by atoms with Gasteiger partial charge in [0.05, 0.1) is 6.04 Å².